The second-order valence-corrected chi connectivity index (χ2v) is 4.79. The predicted octanol–water partition coefficient (Wildman–Crippen LogP) is 2.18. The second-order valence-electron chi connectivity index (χ2n) is 3.02. The maximum Gasteiger partial charge on any atom is 0.353 e. The Balaban J connectivity index is 2.13. The number of nitrogens with zero attached hydrogens (tertiary/aromatic N) is 1. The molecular formula is C9H6BrN3O3S. The number of anilines is 1. The first-order valence-corrected chi connectivity index (χ1v) is 6.08. The van der Waals surface area contributed by atoms with Gasteiger partial charge in [-0.25, -0.2) is 4.79 Å². The lowest BCUT2D eigenvalue weighted by atomic mass is 10.4. The standard InChI is InChI=1S/C9H6BrN3O3S/c10-4-1-2-17-7(4)8(14)11-6-3-5(9(15)16)12-13-6/h1-3H,(H,15,16)(H2,11,12,13,14). The highest BCUT2D eigenvalue weighted by atomic mass is 79.9. The SMILES string of the molecule is O=C(O)c1cc(NC(=O)c2sccc2Br)n[nH]1. The van der Waals surface area contributed by atoms with E-state index in [2.05, 4.69) is 31.4 Å². The number of aromatic nitrogens is 2. The smallest absolute Gasteiger partial charge is 0.353 e. The second kappa shape index (κ2) is 4.68. The lowest BCUT2D eigenvalue weighted by molar-refractivity contribution is 0.0690. The number of thiophene rings is 1. The van der Waals surface area contributed by atoms with Gasteiger partial charge in [-0.1, -0.05) is 0 Å². The Morgan fingerprint density at radius 2 is 2.29 bits per heavy atom. The Kier molecular flexibility index (Phi) is 3.25. The van der Waals surface area contributed by atoms with Crippen molar-refractivity contribution in [1.29, 1.82) is 0 Å². The molecule has 0 fully saturated rings. The number of hydrogen-bond donors (Lipinski definition) is 3. The number of hydrogen-bond acceptors (Lipinski definition) is 4. The van der Waals surface area contributed by atoms with Crippen LogP contribution in [0.15, 0.2) is 22.0 Å². The van der Waals surface area contributed by atoms with E-state index >= 15 is 0 Å². The average Bonchev–Trinajstić information content (AvgIpc) is 2.86. The lowest BCUT2D eigenvalue weighted by Crippen LogP contribution is -2.10. The van der Waals surface area contributed by atoms with Crippen LogP contribution < -0.4 is 5.32 Å². The van der Waals surface area contributed by atoms with Gasteiger partial charge in [0.25, 0.3) is 5.91 Å². The van der Waals surface area contributed by atoms with E-state index in [-0.39, 0.29) is 17.4 Å². The molecule has 88 valence electrons. The number of carbonyl (C=O) groups excluding carboxylic acids is 1. The van der Waals surface area contributed by atoms with Crippen LogP contribution in [0, 0.1) is 0 Å². The summed E-state index contributed by atoms with van der Waals surface area (Å²) in [6.45, 7) is 0. The number of aromatic amines is 1. The van der Waals surface area contributed by atoms with Gasteiger partial charge in [0.2, 0.25) is 0 Å². The maximum atomic E-state index is 11.7. The molecule has 0 radical (unpaired) electrons. The minimum Gasteiger partial charge on any atom is -0.477 e. The quantitative estimate of drug-likeness (QED) is 0.809. The van der Waals surface area contributed by atoms with Crippen LogP contribution in [0.5, 0.6) is 0 Å². The van der Waals surface area contributed by atoms with Gasteiger partial charge in [-0.3, -0.25) is 9.89 Å². The molecule has 0 aliphatic heterocycles. The van der Waals surface area contributed by atoms with E-state index in [1.54, 1.807) is 11.4 Å². The summed E-state index contributed by atoms with van der Waals surface area (Å²) in [7, 11) is 0. The maximum absolute atomic E-state index is 11.7. The molecule has 2 aromatic rings. The molecule has 0 atom stereocenters. The third-order valence-corrected chi connectivity index (χ3v) is 3.71. The van der Waals surface area contributed by atoms with Crippen LogP contribution in [0.3, 0.4) is 0 Å². The van der Waals surface area contributed by atoms with E-state index in [9.17, 15) is 9.59 Å². The molecule has 0 saturated carbocycles. The number of halogens is 1. The summed E-state index contributed by atoms with van der Waals surface area (Å²) in [6.07, 6.45) is 0. The first kappa shape index (κ1) is 11.8. The summed E-state index contributed by atoms with van der Waals surface area (Å²) in [5.41, 5.74) is -0.0782. The van der Waals surface area contributed by atoms with Gasteiger partial charge in [0.15, 0.2) is 5.82 Å². The Morgan fingerprint density at radius 3 is 2.82 bits per heavy atom. The molecule has 3 N–H and O–H groups in total. The molecule has 6 nitrogen and oxygen atoms in total. The average molecular weight is 316 g/mol. The highest BCUT2D eigenvalue weighted by Gasteiger charge is 2.14. The highest BCUT2D eigenvalue weighted by molar-refractivity contribution is 9.10. The number of H-pyrrole nitrogens is 1. The van der Waals surface area contributed by atoms with Crippen molar-refractivity contribution in [3.8, 4) is 0 Å². The third-order valence-electron chi connectivity index (χ3n) is 1.87. The van der Waals surface area contributed by atoms with Crippen molar-refractivity contribution in [3.63, 3.8) is 0 Å². The Morgan fingerprint density at radius 1 is 1.53 bits per heavy atom. The largest absolute Gasteiger partial charge is 0.477 e. The first-order chi connectivity index (χ1) is 8.08. The fraction of sp³-hybridized carbons (Fsp3) is 0. The van der Waals surface area contributed by atoms with Crippen molar-refractivity contribution >= 4 is 45.0 Å². The number of carboxylic acids is 1. The molecule has 2 aromatic heterocycles. The van der Waals surface area contributed by atoms with Crippen LogP contribution in [-0.2, 0) is 0 Å². The fourth-order valence-electron chi connectivity index (χ4n) is 1.12. The van der Waals surface area contributed by atoms with Gasteiger partial charge in [0.05, 0.1) is 0 Å². The number of carboxylic acid groups (broad SMARTS) is 1. The van der Waals surface area contributed by atoms with Gasteiger partial charge >= 0.3 is 5.97 Å². The normalized spacial score (nSPS) is 10.2. The molecule has 17 heavy (non-hydrogen) atoms. The zero-order valence-electron chi connectivity index (χ0n) is 8.23. The molecule has 2 heterocycles. The first-order valence-electron chi connectivity index (χ1n) is 4.41. The van der Waals surface area contributed by atoms with E-state index in [1.165, 1.54) is 17.4 Å². The van der Waals surface area contributed by atoms with Gasteiger partial charge in [0, 0.05) is 10.5 Å². The monoisotopic (exact) mass is 315 g/mol. The molecule has 0 unspecified atom stereocenters. The van der Waals surface area contributed by atoms with E-state index < -0.39 is 5.97 Å². The molecule has 0 saturated heterocycles. The van der Waals surface area contributed by atoms with Gasteiger partial charge < -0.3 is 10.4 Å². The number of amides is 1. The zero-order valence-corrected chi connectivity index (χ0v) is 10.6. The summed E-state index contributed by atoms with van der Waals surface area (Å²) in [5.74, 6) is -1.29. The Hall–Kier alpha value is -1.67. The van der Waals surface area contributed by atoms with Crippen molar-refractivity contribution in [2.75, 3.05) is 5.32 Å². The molecule has 0 aliphatic rings. The van der Waals surface area contributed by atoms with Crippen LogP contribution in [0.1, 0.15) is 20.2 Å². The molecule has 0 aromatic carbocycles. The molecule has 0 aliphatic carbocycles. The number of aromatic carboxylic acids is 1. The van der Waals surface area contributed by atoms with E-state index in [4.69, 9.17) is 5.11 Å². The van der Waals surface area contributed by atoms with Crippen molar-refractivity contribution in [3.05, 3.63) is 32.6 Å². The fourth-order valence-corrected chi connectivity index (χ4v) is 2.57. The minimum atomic E-state index is -1.13. The molecule has 2 rings (SSSR count). The van der Waals surface area contributed by atoms with Crippen molar-refractivity contribution in [2.24, 2.45) is 0 Å². The lowest BCUT2D eigenvalue weighted by Gasteiger charge is -1.98. The van der Waals surface area contributed by atoms with Crippen LogP contribution in [0.2, 0.25) is 0 Å². The van der Waals surface area contributed by atoms with Crippen molar-refractivity contribution in [1.82, 2.24) is 10.2 Å². The predicted molar refractivity (Wildman–Crippen MR) is 65.5 cm³/mol. The Bertz CT molecular complexity index is 578. The van der Waals surface area contributed by atoms with E-state index in [1.807, 2.05) is 0 Å². The molecule has 8 heteroatoms. The van der Waals surface area contributed by atoms with Gasteiger partial charge in [-0.2, -0.15) is 5.10 Å². The summed E-state index contributed by atoms with van der Waals surface area (Å²) in [6, 6.07) is 3.01. The van der Waals surface area contributed by atoms with E-state index in [0.717, 1.165) is 0 Å². The Labute approximate surface area is 108 Å². The summed E-state index contributed by atoms with van der Waals surface area (Å²) in [5, 5.41) is 18.9. The van der Waals surface area contributed by atoms with Crippen molar-refractivity contribution in [2.45, 2.75) is 0 Å². The zero-order chi connectivity index (χ0) is 12.4. The molecule has 1 amide bonds. The number of rotatable bonds is 3. The number of carbonyl (C=O) groups is 2. The van der Waals surface area contributed by atoms with Gasteiger partial charge in [-0.05, 0) is 27.4 Å². The summed E-state index contributed by atoms with van der Waals surface area (Å²) >= 11 is 4.51. The highest BCUT2D eigenvalue weighted by Crippen LogP contribution is 2.23. The molecular weight excluding hydrogens is 310 g/mol. The minimum absolute atomic E-state index is 0.0782. The summed E-state index contributed by atoms with van der Waals surface area (Å²) in [4.78, 5) is 22.8. The van der Waals surface area contributed by atoms with E-state index in [0.29, 0.717) is 9.35 Å². The molecule has 0 spiro atoms. The van der Waals surface area contributed by atoms with Crippen LogP contribution in [0.25, 0.3) is 0 Å². The third kappa shape index (κ3) is 2.53. The van der Waals surface area contributed by atoms with Crippen LogP contribution >= 0.6 is 27.3 Å². The van der Waals surface area contributed by atoms with Crippen LogP contribution in [-0.4, -0.2) is 27.2 Å². The van der Waals surface area contributed by atoms with Gasteiger partial charge in [-0.15, -0.1) is 11.3 Å². The van der Waals surface area contributed by atoms with Crippen LogP contribution in [0.4, 0.5) is 5.82 Å². The molecule has 0 bridgehead atoms. The summed E-state index contributed by atoms with van der Waals surface area (Å²) < 4.78 is 0.689. The number of nitrogens with one attached hydrogen (secondary N) is 2. The van der Waals surface area contributed by atoms with Crippen molar-refractivity contribution < 1.29 is 14.7 Å². The van der Waals surface area contributed by atoms with Gasteiger partial charge in [0.1, 0.15) is 10.6 Å². The topological polar surface area (TPSA) is 95.1 Å².